The molecule has 1 atom stereocenters. The van der Waals surface area contributed by atoms with Crippen molar-refractivity contribution < 1.29 is 17.5 Å². The van der Waals surface area contributed by atoms with E-state index in [4.69, 9.17) is 14.8 Å². The molecule has 0 radical (unpaired) electrons. The van der Waals surface area contributed by atoms with Gasteiger partial charge < -0.3 is 14.8 Å². The Hall–Kier alpha value is -1.49. The van der Waals surface area contributed by atoms with E-state index in [1.54, 1.807) is 20.8 Å². The Morgan fingerprint density at radius 1 is 1.25 bits per heavy atom. The van der Waals surface area contributed by atoms with Crippen LogP contribution >= 0.6 is 12.4 Å². The van der Waals surface area contributed by atoms with Gasteiger partial charge in [0.05, 0.1) is 11.6 Å². The second kappa shape index (κ2) is 6.43. The predicted octanol–water partition coefficient (Wildman–Crippen LogP) is 1.47. The fourth-order valence-electron chi connectivity index (χ4n) is 2.59. The van der Waals surface area contributed by atoms with Gasteiger partial charge in [0, 0.05) is 0 Å². The molecule has 3 N–H and O–H groups in total. The van der Waals surface area contributed by atoms with E-state index in [2.05, 4.69) is 20.0 Å². The summed E-state index contributed by atoms with van der Waals surface area (Å²) in [4.78, 5) is 4.27. The van der Waals surface area contributed by atoms with Crippen molar-refractivity contribution in [2.45, 2.75) is 56.5 Å². The summed E-state index contributed by atoms with van der Waals surface area (Å²) in [5, 5.41) is 7.54. The van der Waals surface area contributed by atoms with Gasteiger partial charge in [0.1, 0.15) is 10.6 Å². The Morgan fingerprint density at radius 3 is 2.42 bits per heavy atom. The number of nitrogens with zero attached hydrogens (tertiary/aromatic N) is 3. The second-order valence-electron chi connectivity index (χ2n) is 5.96. The minimum absolute atomic E-state index is 0. The zero-order chi connectivity index (χ0) is 16.8. The monoisotopic (exact) mass is 377 g/mol. The summed E-state index contributed by atoms with van der Waals surface area (Å²) < 4.78 is 37.5. The average molecular weight is 378 g/mol. The molecule has 0 amide bonds. The molecular formula is C13H20ClN5O4S. The van der Waals surface area contributed by atoms with Crippen molar-refractivity contribution >= 4 is 22.4 Å². The molecule has 3 rings (SSSR count). The second-order valence-corrected chi connectivity index (χ2v) is 7.61. The van der Waals surface area contributed by atoms with Crippen molar-refractivity contribution in [3.05, 3.63) is 23.2 Å². The lowest BCUT2D eigenvalue weighted by atomic mass is 9.77. The summed E-state index contributed by atoms with van der Waals surface area (Å²) >= 11 is 0. The molecule has 24 heavy (non-hydrogen) atoms. The molecule has 0 aliphatic heterocycles. The Kier molecular flexibility index (Phi) is 5.05. The van der Waals surface area contributed by atoms with Gasteiger partial charge in [-0.05, 0) is 40.0 Å². The third-order valence-corrected chi connectivity index (χ3v) is 5.86. The maximum Gasteiger partial charge on any atom is 0.246 e. The van der Waals surface area contributed by atoms with Gasteiger partial charge in [-0.3, -0.25) is 0 Å². The van der Waals surface area contributed by atoms with E-state index in [0.29, 0.717) is 11.5 Å². The molecule has 2 heterocycles. The van der Waals surface area contributed by atoms with E-state index in [-0.39, 0.29) is 29.0 Å². The average Bonchev–Trinajstić information content (AvgIpc) is 3.03. The number of hydrogen-bond donors (Lipinski definition) is 2. The van der Waals surface area contributed by atoms with Gasteiger partial charge in [0.25, 0.3) is 0 Å². The van der Waals surface area contributed by atoms with Gasteiger partial charge in [0.2, 0.25) is 15.9 Å². The Bertz CT molecular complexity index is 808. The van der Waals surface area contributed by atoms with Crippen molar-refractivity contribution in [3.8, 4) is 0 Å². The Balaban J connectivity index is 0.00000208. The molecule has 9 nitrogen and oxygen atoms in total. The molecule has 0 spiro atoms. The highest BCUT2D eigenvalue weighted by molar-refractivity contribution is 7.89. The fourth-order valence-corrected chi connectivity index (χ4v) is 4.12. The van der Waals surface area contributed by atoms with Crippen LogP contribution in [-0.4, -0.2) is 23.7 Å². The van der Waals surface area contributed by atoms with Crippen LogP contribution in [0.4, 0.5) is 0 Å². The van der Waals surface area contributed by atoms with Crippen LogP contribution in [-0.2, 0) is 15.6 Å². The van der Waals surface area contributed by atoms with E-state index in [9.17, 15) is 8.42 Å². The number of rotatable bonds is 5. The number of sulfonamides is 1. The molecule has 1 fully saturated rings. The van der Waals surface area contributed by atoms with E-state index >= 15 is 0 Å². The van der Waals surface area contributed by atoms with Crippen LogP contribution in [0.1, 0.15) is 55.4 Å². The zero-order valence-electron chi connectivity index (χ0n) is 13.6. The van der Waals surface area contributed by atoms with Crippen molar-refractivity contribution in [1.82, 2.24) is 20.0 Å². The SMILES string of the molecule is Cc1noc(C)c1S(=O)(=O)NC(C)c1nc(C2(N)CCC2)no1.Cl. The number of halogens is 1. The molecule has 0 saturated heterocycles. The molecule has 1 saturated carbocycles. The minimum atomic E-state index is -3.81. The fraction of sp³-hybridized carbons (Fsp3) is 0.615. The number of hydrogen-bond acceptors (Lipinski definition) is 8. The summed E-state index contributed by atoms with van der Waals surface area (Å²) in [7, 11) is -3.81. The number of nitrogens with one attached hydrogen (secondary N) is 1. The zero-order valence-corrected chi connectivity index (χ0v) is 15.2. The molecule has 134 valence electrons. The molecule has 0 aromatic carbocycles. The van der Waals surface area contributed by atoms with Gasteiger partial charge >= 0.3 is 0 Å². The van der Waals surface area contributed by atoms with E-state index < -0.39 is 21.6 Å². The predicted molar refractivity (Wildman–Crippen MR) is 86.0 cm³/mol. The number of aromatic nitrogens is 3. The lowest BCUT2D eigenvalue weighted by Crippen LogP contribution is -2.44. The molecule has 2 aromatic heterocycles. The summed E-state index contributed by atoms with van der Waals surface area (Å²) in [6.45, 7) is 4.73. The quantitative estimate of drug-likeness (QED) is 0.798. The van der Waals surface area contributed by atoms with Gasteiger partial charge in [-0.2, -0.15) is 9.71 Å². The van der Waals surface area contributed by atoms with Gasteiger partial charge in [0.15, 0.2) is 11.6 Å². The molecule has 11 heteroatoms. The van der Waals surface area contributed by atoms with Crippen LogP contribution in [0.3, 0.4) is 0 Å². The van der Waals surface area contributed by atoms with Crippen LogP contribution in [0, 0.1) is 13.8 Å². The molecule has 2 aromatic rings. The Morgan fingerprint density at radius 2 is 1.92 bits per heavy atom. The first-order valence-electron chi connectivity index (χ1n) is 7.31. The van der Waals surface area contributed by atoms with Gasteiger partial charge in [-0.1, -0.05) is 10.3 Å². The first-order valence-corrected chi connectivity index (χ1v) is 8.79. The molecule has 1 unspecified atom stereocenters. The molecular weight excluding hydrogens is 358 g/mol. The lowest BCUT2D eigenvalue weighted by Gasteiger charge is -2.34. The maximum absolute atomic E-state index is 12.5. The third kappa shape index (κ3) is 3.18. The molecule has 1 aliphatic rings. The summed E-state index contributed by atoms with van der Waals surface area (Å²) in [6, 6.07) is -0.696. The summed E-state index contributed by atoms with van der Waals surface area (Å²) in [6.07, 6.45) is 2.62. The van der Waals surface area contributed by atoms with Crippen molar-refractivity contribution in [1.29, 1.82) is 0 Å². The minimum Gasteiger partial charge on any atom is -0.360 e. The topological polar surface area (TPSA) is 137 Å². The largest absolute Gasteiger partial charge is 0.360 e. The maximum atomic E-state index is 12.5. The lowest BCUT2D eigenvalue weighted by molar-refractivity contribution is 0.228. The summed E-state index contributed by atoms with van der Waals surface area (Å²) in [5.74, 6) is 0.818. The van der Waals surface area contributed by atoms with Crippen LogP contribution in [0.2, 0.25) is 0 Å². The number of aryl methyl sites for hydroxylation is 2. The highest BCUT2D eigenvalue weighted by Gasteiger charge is 2.39. The van der Waals surface area contributed by atoms with E-state index in [1.165, 1.54) is 0 Å². The van der Waals surface area contributed by atoms with Crippen LogP contribution in [0.5, 0.6) is 0 Å². The van der Waals surface area contributed by atoms with Crippen molar-refractivity contribution in [2.24, 2.45) is 5.73 Å². The van der Waals surface area contributed by atoms with E-state index in [1.807, 2.05) is 0 Å². The first-order chi connectivity index (χ1) is 10.7. The number of nitrogens with two attached hydrogens (primary N) is 1. The first kappa shape index (κ1) is 18.8. The van der Waals surface area contributed by atoms with Gasteiger partial charge in [-0.25, -0.2) is 8.42 Å². The third-order valence-electron chi connectivity index (χ3n) is 4.07. The summed E-state index contributed by atoms with van der Waals surface area (Å²) in [5.41, 5.74) is 5.88. The van der Waals surface area contributed by atoms with Crippen LogP contribution < -0.4 is 10.5 Å². The normalized spacial score (nSPS) is 17.8. The molecule has 1 aliphatic carbocycles. The van der Waals surface area contributed by atoms with Crippen molar-refractivity contribution in [2.75, 3.05) is 0 Å². The highest BCUT2D eigenvalue weighted by atomic mass is 35.5. The van der Waals surface area contributed by atoms with Crippen LogP contribution in [0.15, 0.2) is 13.9 Å². The standard InChI is InChI=1S/C13H19N5O4S.ClH/c1-7-10(9(3)21-16-7)23(19,20)18-8(2)11-15-12(17-22-11)13(14)5-4-6-13;/h8,18H,4-6,14H2,1-3H3;1H. The van der Waals surface area contributed by atoms with Crippen LogP contribution in [0.25, 0.3) is 0 Å². The highest BCUT2D eigenvalue weighted by Crippen LogP contribution is 2.37. The van der Waals surface area contributed by atoms with Crippen molar-refractivity contribution in [3.63, 3.8) is 0 Å². The van der Waals surface area contributed by atoms with E-state index in [0.717, 1.165) is 19.3 Å². The smallest absolute Gasteiger partial charge is 0.246 e. The van der Waals surface area contributed by atoms with Gasteiger partial charge in [-0.15, -0.1) is 12.4 Å². The molecule has 0 bridgehead atoms. The Labute approximate surface area is 145 Å².